The molecule has 9 rings (SSSR count). The fourth-order valence-electron chi connectivity index (χ4n) is 7.66. The molecule has 0 amide bonds. The zero-order valence-corrected chi connectivity index (χ0v) is 43.3. The normalized spacial score (nSPS) is 12.9. The Hall–Kier alpha value is -5.20. The molecule has 8 bridgehead atoms. The van der Waals surface area contributed by atoms with Crippen molar-refractivity contribution in [2.75, 3.05) is 0 Å². The predicted molar refractivity (Wildman–Crippen MR) is 258 cm³/mol. The molecule has 2 aliphatic rings. The van der Waals surface area contributed by atoms with Gasteiger partial charge in [-0.05, 0) is 68.2 Å². The molecule has 19 heteroatoms. The van der Waals surface area contributed by atoms with Gasteiger partial charge in [0.25, 0.3) is 0 Å². The summed E-state index contributed by atoms with van der Waals surface area (Å²) in [6, 6.07) is 26.3. The molecule has 2 radical (unpaired) electrons. The average molecular weight is 1050 g/mol. The molecule has 0 saturated carbocycles. The van der Waals surface area contributed by atoms with Crippen molar-refractivity contribution < 1.29 is 35.0 Å². The number of nitrogens with one attached hydrogen (secondary N) is 2. The van der Waals surface area contributed by atoms with Crippen LogP contribution in [0.5, 0.6) is 0 Å². The summed E-state index contributed by atoms with van der Waals surface area (Å²) in [5, 5.41) is 3.89. The molecule has 2 aliphatic heterocycles. The first-order chi connectivity index (χ1) is 30.2. The first-order valence-corrected chi connectivity index (χ1v) is 23.6. The average Bonchev–Trinajstić information content (AvgIpc) is 3.89. The van der Waals surface area contributed by atoms with Crippen molar-refractivity contribution in [2.45, 2.75) is 105 Å². The van der Waals surface area contributed by atoms with Gasteiger partial charge in [0, 0.05) is 64.6 Å². The van der Waals surface area contributed by atoms with Crippen molar-refractivity contribution >= 4 is 89.4 Å². The van der Waals surface area contributed by atoms with Crippen molar-refractivity contribution in [3.63, 3.8) is 0 Å². The van der Waals surface area contributed by atoms with E-state index in [1.54, 1.807) is 0 Å². The van der Waals surface area contributed by atoms with Gasteiger partial charge in [0.15, 0.2) is 23.3 Å². The number of fused-ring (bicyclic) bond motifs is 20. The maximum atomic E-state index is 8.52. The molecule has 0 unspecified atom stereocenters. The predicted octanol–water partition coefficient (Wildman–Crippen LogP) is 9.00. The van der Waals surface area contributed by atoms with Crippen LogP contribution in [0.2, 0.25) is 0 Å². The second-order valence-corrected chi connectivity index (χ2v) is 22.1. The first-order valence-electron chi connectivity index (χ1n) is 21.0. The van der Waals surface area contributed by atoms with Crippen molar-refractivity contribution in [2.24, 2.45) is 0 Å². The van der Waals surface area contributed by atoms with E-state index in [-0.39, 0.29) is 46.1 Å². The zero-order valence-electron chi connectivity index (χ0n) is 39.1. The van der Waals surface area contributed by atoms with Gasteiger partial charge >= 0.3 is 24.4 Å². The zero-order chi connectivity index (χ0) is 48.7. The summed E-state index contributed by atoms with van der Waals surface area (Å²) < 4.78 is 68.2. The summed E-state index contributed by atoms with van der Waals surface area (Å²) in [5.41, 5.74) is 11.1. The van der Waals surface area contributed by atoms with Crippen molar-refractivity contribution in [3.05, 3.63) is 95.1 Å². The van der Waals surface area contributed by atoms with E-state index in [0.717, 1.165) is 43.8 Å². The minimum absolute atomic E-state index is 0. The third kappa shape index (κ3) is 11.6. The third-order valence-electron chi connectivity index (χ3n) is 11.3. The Morgan fingerprint density at radius 3 is 0.881 bits per heavy atom. The van der Waals surface area contributed by atoms with Gasteiger partial charge in [-0.3, -0.25) is 16.8 Å². The van der Waals surface area contributed by atoms with Crippen LogP contribution >= 0.6 is 0 Å². The Labute approximate surface area is 407 Å². The maximum Gasteiger partial charge on any atom is 3.00 e. The molecular weight excluding hydrogens is 1000 g/mol. The van der Waals surface area contributed by atoms with Crippen LogP contribution in [0.25, 0.3) is 89.7 Å². The second kappa shape index (κ2) is 17.7. The summed E-state index contributed by atoms with van der Waals surface area (Å²) in [6.07, 6.45) is 0. The monoisotopic (exact) mass is 1050 g/mol. The van der Waals surface area contributed by atoms with E-state index in [0.29, 0.717) is 45.9 Å². The summed E-state index contributed by atoms with van der Waals surface area (Å²) >= 11 is 0. The molecule has 0 atom stereocenters. The minimum atomic E-state index is -5.17. The third-order valence-corrected chi connectivity index (χ3v) is 11.3. The first kappa shape index (κ1) is 51.2. The molecule has 348 valence electrons. The van der Waals surface area contributed by atoms with Crippen molar-refractivity contribution in [3.8, 4) is 45.6 Å². The minimum Gasteiger partial charge on any atom is -0.759 e. The summed E-state index contributed by atoms with van der Waals surface area (Å²) in [6.45, 7) is 26.8. The molecule has 0 aliphatic carbocycles. The number of benzene rings is 4. The van der Waals surface area contributed by atoms with Crippen molar-refractivity contribution in [1.82, 2.24) is 39.9 Å². The molecule has 4 aromatic carbocycles. The van der Waals surface area contributed by atoms with Gasteiger partial charge in [0.2, 0.25) is 0 Å². The molecule has 16 nitrogen and oxygen atoms in total. The summed E-state index contributed by atoms with van der Waals surface area (Å²) in [5.74, 6) is 2.42. The fourth-order valence-corrected chi connectivity index (χ4v) is 7.66. The number of H-pyrrole nitrogens is 2. The van der Waals surface area contributed by atoms with Crippen molar-refractivity contribution in [1.29, 1.82) is 0 Å². The number of rotatable bonds is 0. The van der Waals surface area contributed by atoms with E-state index in [2.05, 4.69) is 166 Å². The summed E-state index contributed by atoms with van der Waals surface area (Å²) in [4.78, 5) is 38.9. The fraction of sp³-hybridized carbons (Fsp3) is 0.333. The van der Waals surface area contributed by atoms with Crippen LogP contribution in [0.4, 0.5) is 0 Å². The van der Waals surface area contributed by atoms with Gasteiger partial charge in [0.05, 0.1) is 0 Å². The van der Waals surface area contributed by atoms with Crippen LogP contribution in [0.15, 0.2) is 72.8 Å². The van der Waals surface area contributed by atoms with E-state index < -0.39 is 20.8 Å². The molecular formula is C48H50N8O8S2Sb-. The largest absolute Gasteiger partial charge is 3.00 e. The number of nitrogens with zero attached hydrogens (tertiary/aromatic N) is 6. The number of aromatic nitrogens is 8. The van der Waals surface area contributed by atoms with E-state index in [1.807, 2.05) is 0 Å². The van der Waals surface area contributed by atoms with E-state index >= 15 is 0 Å². The van der Waals surface area contributed by atoms with Gasteiger partial charge in [0.1, 0.15) is 22.6 Å². The second-order valence-electron chi connectivity index (χ2n) is 20.5. The Morgan fingerprint density at radius 2 is 0.597 bits per heavy atom. The maximum absolute atomic E-state index is 8.52. The molecule has 2 N–H and O–H groups in total. The Balaban J connectivity index is 0.000000612. The van der Waals surface area contributed by atoms with Gasteiger partial charge in [-0.25, -0.2) is 29.9 Å². The Bertz CT molecular complexity index is 3260. The molecule has 0 fully saturated rings. The Kier molecular flexibility index (Phi) is 13.5. The molecule has 7 aromatic rings. The van der Waals surface area contributed by atoms with Crippen LogP contribution in [0.3, 0.4) is 0 Å². The SMILES string of the molecule is CC(C)(C)c1ccc2c(c1)-c1nc-2nc2[nH]c(nc3nc(nc4[nH]c(n1)c1ccc(C(C)(C)C)cc41)-c1ccc(C(C)(C)C)cc1-3)c1ccc(C(C)(C)C)cc21.O=S(=O)([O-])[O-].O=S(=O)([O-])[O-].[Sb+3]. The quantitative estimate of drug-likeness (QED) is 0.0815. The smallest absolute Gasteiger partial charge is 0.759 e. The Morgan fingerprint density at radius 1 is 0.358 bits per heavy atom. The van der Waals surface area contributed by atoms with Crippen LogP contribution in [-0.2, 0) is 42.5 Å². The van der Waals surface area contributed by atoms with Gasteiger partial charge in [-0.15, -0.1) is 0 Å². The van der Waals surface area contributed by atoms with Gasteiger partial charge < -0.3 is 28.2 Å². The molecule has 0 saturated heterocycles. The van der Waals surface area contributed by atoms with E-state index in [1.165, 1.54) is 22.3 Å². The van der Waals surface area contributed by atoms with E-state index in [4.69, 9.17) is 65.0 Å². The summed E-state index contributed by atoms with van der Waals surface area (Å²) in [7, 11) is -10.3. The van der Waals surface area contributed by atoms with E-state index in [9.17, 15) is 0 Å². The van der Waals surface area contributed by atoms with Gasteiger partial charge in [-0.2, -0.15) is 0 Å². The number of hydrogen-bond acceptors (Lipinski definition) is 14. The molecule has 67 heavy (non-hydrogen) atoms. The van der Waals surface area contributed by atoms with Crippen LogP contribution < -0.4 is 0 Å². The van der Waals surface area contributed by atoms with Gasteiger partial charge in [-0.1, -0.05) is 132 Å². The van der Waals surface area contributed by atoms with Crippen LogP contribution in [-0.4, -0.2) is 99.3 Å². The number of aromatic amines is 2. The number of hydrogen-bond donors (Lipinski definition) is 2. The van der Waals surface area contributed by atoms with Crippen LogP contribution in [0.1, 0.15) is 105 Å². The topological polar surface area (TPSA) is 269 Å². The van der Waals surface area contributed by atoms with Crippen LogP contribution in [0, 0.1) is 0 Å². The molecule has 0 spiro atoms. The standard InChI is InChI=1S/C48H50N8.2H2O4S.Sb/c1-45(2,3)25-13-17-29-33(21-25)41-49-37(29)54-42-35-23-27(47(7,8)9)15-19-31(35)39(51-42)56-44-36-24-28(48(10,11)12)16-20-32(36)40(52-44)55-43-34-22-26(46(4,5)6)14-18-30(34)38(50-43)53-41;2*1-5(2,3)4;/h13-24H,1-12H3,(H2,49,50,51,52,53,54,55,56);2*(H2,1,2,3,4);/q;;;+3/p-4. The molecule has 3 aromatic heterocycles. The molecule has 5 heterocycles.